The number of urea groups is 1. The van der Waals surface area contributed by atoms with E-state index < -0.39 is 0 Å². The van der Waals surface area contributed by atoms with E-state index in [-0.39, 0.29) is 17.8 Å². The summed E-state index contributed by atoms with van der Waals surface area (Å²) in [6.45, 7) is 5.16. The molecule has 3 nitrogen and oxygen atoms in total. The summed E-state index contributed by atoms with van der Waals surface area (Å²) in [6.07, 6.45) is 0. The van der Waals surface area contributed by atoms with Crippen molar-refractivity contribution in [1.82, 2.24) is 5.32 Å². The van der Waals surface area contributed by atoms with E-state index in [2.05, 4.69) is 5.32 Å². The van der Waals surface area contributed by atoms with Crippen molar-refractivity contribution in [3.05, 3.63) is 29.6 Å². The van der Waals surface area contributed by atoms with Gasteiger partial charge in [-0.05, 0) is 29.7 Å². The van der Waals surface area contributed by atoms with Gasteiger partial charge in [-0.25, -0.2) is 9.18 Å². The lowest BCUT2D eigenvalue weighted by Gasteiger charge is -2.16. The molecule has 1 aliphatic rings. The third-order valence-corrected chi connectivity index (χ3v) is 2.77. The zero-order chi connectivity index (χ0) is 11.7. The number of carbonyl (C=O) groups excluding carboxylic acids is 1. The number of benzene rings is 1. The summed E-state index contributed by atoms with van der Waals surface area (Å²) < 4.78 is 13.5. The van der Waals surface area contributed by atoms with Gasteiger partial charge in [-0.1, -0.05) is 13.8 Å². The first-order chi connectivity index (χ1) is 7.59. The Morgan fingerprint density at radius 3 is 2.75 bits per heavy atom. The van der Waals surface area contributed by atoms with Crippen LogP contribution in [-0.2, 0) is 0 Å². The van der Waals surface area contributed by atoms with Crippen LogP contribution in [0.5, 0.6) is 0 Å². The van der Waals surface area contributed by atoms with Crippen LogP contribution in [0.3, 0.4) is 0 Å². The number of anilines is 1. The first-order valence-electron chi connectivity index (χ1n) is 5.44. The van der Waals surface area contributed by atoms with Gasteiger partial charge in [0.2, 0.25) is 0 Å². The van der Waals surface area contributed by atoms with Gasteiger partial charge < -0.3 is 5.32 Å². The standard InChI is InChI=1S/C12H15FN2O/c1-8(2)10-7-9(3-4-11(10)13)15-6-5-14-12(15)16/h3-4,7-8H,5-6H2,1-2H3,(H,14,16). The van der Waals surface area contributed by atoms with Crippen molar-refractivity contribution < 1.29 is 9.18 Å². The first kappa shape index (κ1) is 10.9. The Morgan fingerprint density at radius 2 is 2.19 bits per heavy atom. The molecule has 0 bridgehead atoms. The Hall–Kier alpha value is -1.58. The van der Waals surface area contributed by atoms with Gasteiger partial charge in [0.25, 0.3) is 0 Å². The van der Waals surface area contributed by atoms with Gasteiger partial charge in [0.1, 0.15) is 5.82 Å². The summed E-state index contributed by atoms with van der Waals surface area (Å²) in [5, 5.41) is 2.72. The second-order valence-electron chi connectivity index (χ2n) is 4.24. The zero-order valence-corrected chi connectivity index (χ0v) is 9.46. The van der Waals surface area contributed by atoms with Crippen LogP contribution in [0.1, 0.15) is 25.3 Å². The quantitative estimate of drug-likeness (QED) is 0.819. The summed E-state index contributed by atoms with van der Waals surface area (Å²) in [4.78, 5) is 13.1. The first-order valence-corrected chi connectivity index (χ1v) is 5.44. The molecule has 1 heterocycles. The highest BCUT2D eigenvalue weighted by Gasteiger charge is 2.22. The molecule has 1 saturated heterocycles. The van der Waals surface area contributed by atoms with Crippen LogP contribution in [0, 0.1) is 5.82 Å². The molecule has 1 aromatic rings. The summed E-state index contributed by atoms with van der Waals surface area (Å²) in [6, 6.07) is 4.72. The molecule has 1 N–H and O–H groups in total. The van der Waals surface area contributed by atoms with Gasteiger partial charge in [-0.2, -0.15) is 0 Å². The lowest BCUT2D eigenvalue weighted by Crippen LogP contribution is -2.27. The van der Waals surface area contributed by atoms with Gasteiger partial charge in [-0.15, -0.1) is 0 Å². The monoisotopic (exact) mass is 222 g/mol. The second kappa shape index (κ2) is 4.12. The SMILES string of the molecule is CC(C)c1cc(N2CCNC2=O)ccc1F. The van der Waals surface area contributed by atoms with Crippen LogP contribution in [0.4, 0.5) is 14.9 Å². The Balaban J connectivity index is 2.35. The van der Waals surface area contributed by atoms with Gasteiger partial charge in [-0.3, -0.25) is 4.90 Å². The zero-order valence-electron chi connectivity index (χ0n) is 9.46. The fraction of sp³-hybridized carbons (Fsp3) is 0.417. The molecule has 1 aliphatic heterocycles. The maximum absolute atomic E-state index is 13.5. The number of nitrogens with zero attached hydrogens (tertiary/aromatic N) is 1. The molecular formula is C12H15FN2O. The van der Waals surface area contributed by atoms with Crippen molar-refractivity contribution in [3.8, 4) is 0 Å². The van der Waals surface area contributed by atoms with Crippen LogP contribution >= 0.6 is 0 Å². The molecule has 2 rings (SSSR count). The number of halogens is 1. The topological polar surface area (TPSA) is 32.3 Å². The summed E-state index contributed by atoms with van der Waals surface area (Å²) in [7, 11) is 0. The van der Waals surface area contributed by atoms with E-state index in [1.54, 1.807) is 17.0 Å². The molecule has 2 amide bonds. The second-order valence-corrected chi connectivity index (χ2v) is 4.24. The highest BCUT2D eigenvalue weighted by atomic mass is 19.1. The number of hydrogen-bond donors (Lipinski definition) is 1. The number of amides is 2. The highest BCUT2D eigenvalue weighted by Crippen LogP contribution is 2.25. The van der Waals surface area contributed by atoms with Crippen molar-refractivity contribution in [2.75, 3.05) is 18.0 Å². The van der Waals surface area contributed by atoms with E-state index in [1.165, 1.54) is 6.07 Å². The van der Waals surface area contributed by atoms with Crippen molar-refractivity contribution in [2.45, 2.75) is 19.8 Å². The fourth-order valence-corrected chi connectivity index (χ4v) is 1.86. The molecule has 0 aromatic heterocycles. The maximum atomic E-state index is 13.5. The third kappa shape index (κ3) is 1.87. The Morgan fingerprint density at radius 1 is 1.44 bits per heavy atom. The molecule has 0 saturated carbocycles. The van der Waals surface area contributed by atoms with E-state index in [0.717, 1.165) is 5.69 Å². The minimum absolute atomic E-state index is 0.110. The highest BCUT2D eigenvalue weighted by molar-refractivity contribution is 5.94. The van der Waals surface area contributed by atoms with E-state index in [4.69, 9.17) is 0 Å². The van der Waals surface area contributed by atoms with E-state index >= 15 is 0 Å². The smallest absolute Gasteiger partial charge is 0.321 e. The molecule has 1 aromatic carbocycles. The lowest BCUT2D eigenvalue weighted by atomic mass is 10.0. The van der Waals surface area contributed by atoms with Gasteiger partial charge >= 0.3 is 6.03 Å². The molecule has 16 heavy (non-hydrogen) atoms. The molecular weight excluding hydrogens is 207 g/mol. The Labute approximate surface area is 94.3 Å². The molecule has 0 spiro atoms. The molecule has 0 radical (unpaired) electrons. The van der Waals surface area contributed by atoms with Crippen LogP contribution < -0.4 is 10.2 Å². The molecule has 0 unspecified atom stereocenters. The van der Waals surface area contributed by atoms with Crippen LogP contribution in [0.25, 0.3) is 0 Å². The number of nitrogens with one attached hydrogen (secondary N) is 1. The number of carbonyl (C=O) groups is 1. The molecule has 0 atom stereocenters. The van der Waals surface area contributed by atoms with Crippen molar-refractivity contribution in [3.63, 3.8) is 0 Å². The average molecular weight is 222 g/mol. The van der Waals surface area contributed by atoms with Crippen molar-refractivity contribution in [2.24, 2.45) is 0 Å². The van der Waals surface area contributed by atoms with E-state index in [9.17, 15) is 9.18 Å². The Bertz CT molecular complexity index is 417. The normalized spacial score (nSPS) is 15.8. The minimum Gasteiger partial charge on any atom is -0.336 e. The number of hydrogen-bond acceptors (Lipinski definition) is 1. The number of rotatable bonds is 2. The van der Waals surface area contributed by atoms with Crippen molar-refractivity contribution in [1.29, 1.82) is 0 Å². The average Bonchev–Trinajstić information content (AvgIpc) is 2.65. The molecule has 4 heteroatoms. The van der Waals surface area contributed by atoms with Crippen LogP contribution in [-0.4, -0.2) is 19.1 Å². The molecule has 1 fully saturated rings. The molecule has 86 valence electrons. The van der Waals surface area contributed by atoms with E-state index in [1.807, 2.05) is 13.8 Å². The Kier molecular flexibility index (Phi) is 2.81. The minimum atomic E-state index is -0.210. The predicted octanol–water partition coefficient (Wildman–Crippen LogP) is 2.48. The maximum Gasteiger partial charge on any atom is 0.321 e. The van der Waals surface area contributed by atoms with Gasteiger partial charge in [0, 0.05) is 18.8 Å². The fourth-order valence-electron chi connectivity index (χ4n) is 1.86. The summed E-state index contributed by atoms with van der Waals surface area (Å²) in [5.41, 5.74) is 1.41. The van der Waals surface area contributed by atoms with Crippen LogP contribution in [0.2, 0.25) is 0 Å². The van der Waals surface area contributed by atoms with E-state index in [0.29, 0.717) is 18.7 Å². The van der Waals surface area contributed by atoms with Gasteiger partial charge in [0.15, 0.2) is 0 Å². The predicted molar refractivity (Wildman–Crippen MR) is 61.2 cm³/mol. The van der Waals surface area contributed by atoms with Gasteiger partial charge in [0.05, 0.1) is 0 Å². The largest absolute Gasteiger partial charge is 0.336 e. The summed E-state index contributed by atoms with van der Waals surface area (Å²) in [5.74, 6) is -0.0935. The third-order valence-electron chi connectivity index (χ3n) is 2.77. The molecule has 0 aliphatic carbocycles. The van der Waals surface area contributed by atoms with Crippen LogP contribution in [0.15, 0.2) is 18.2 Å². The van der Waals surface area contributed by atoms with Crippen molar-refractivity contribution >= 4 is 11.7 Å². The summed E-state index contributed by atoms with van der Waals surface area (Å²) >= 11 is 0. The lowest BCUT2D eigenvalue weighted by molar-refractivity contribution is 0.252.